The van der Waals surface area contributed by atoms with Gasteiger partial charge >= 0.3 is 0 Å². The number of hydrogen-bond donors (Lipinski definition) is 1. The summed E-state index contributed by atoms with van der Waals surface area (Å²) >= 11 is 1.87. The van der Waals surface area contributed by atoms with E-state index in [0.717, 1.165) is 11.9 Å². The molecular formula is C17H24N2S. The molecule has 1 fully saturated rings. The van der Waals surface area contributed by atoms with Crippen LogP contribution < -0.4 is 5.32 Å². The first kappa shape index (κ1) is 14.0. The molecule has 1 aromatic carbocycles. The normalized spacial score (nSPS) is 23.9. The van der Waals surface area contributed by atoms with E-state index in [9.17, 15) is 0 Å². The van der Waals surface area contributed by atoms with Crippen LogP contribution in [-0.4, -0.2) is 17.1 Å². The first-order valence-electron chi connectivity index (χ1n) is 7.91. The summed E-state index contributed by atoms with van der Waals surface area (Å²) in [5, 5.41) is 5.16. The minimum Gasteiger partial charge on any atom is -0.311 e. The summed E-state index contributed by atoms with van der Waals surface area (Å²) in [7, 11) is 0. The van der Waals surface area contributed by atoms with Crippen molar-refractivity contribution in [3.05, 3.63) is 29.3 Å². The zero-order valence-corrected chi connectivity index (χ0v) is 13.1. The molecule has 1 aromatic heterocycles. The molecule has 1 N–H and O–H groups in total. The van der Waals surface area contributed by atoms with Crippen molar-refractivity contribution in [1.29, 1.82) is 0 Å². The summed E-state index contributed by atoms with van der Waals surface area (Å²) in [6.07, 6.45) is 8.97. The third-order valence-corrected chi connectivity index (χ3v) is 5.42. The van der Waals surface area contributed by atoms with E-state index in [0.29, 0.717) is 5.54 Å². The van der Waals surface area contributed by atoms with Gasteiger partial charge < -0.3 is 5.32 Å². The summed E-state index contributed by atoms with van der Waals surface area (Å²) in [5.41, 5.74) is 1.45. The van der Waals surface area contributed by atoms with E-state index in [-0.39, 0.29) is 0 Å². The van der Waals surface area contributed by atoms with Gasteiger partial charge in [0.05, 0.1) is 15.2 Å². The number of rotatable bonds is 4. The zero-order chi connectivity index (χ0) is 13.8. The van der Waals surface area contributed by atoms with Crippen LogP contribution in [0, 0.1) is 0 Å². The Labute approximate surface area is 125 Å². The lowest BCUT2D eigenvalue weighted by Gasteiger charge is -2.33. The van der Waals surface area contributed by atoms with Crippen molar-refractivity contribution in [2.75, 3.05) is 6.54 Å². The van der Waals surface area contributed by atoms with Crippen LogP contribution in [0.15, 0.2) is 24.3 Å². The zero-order valence-electron chi connectivity index (χ0n) is 12.3. The van der Waals surface area contributed by atoms with Gasteiger partial charge in [0.25, 0.3) is 0 Å². The van der Waals surface area contributed by atoms with Crippen LogP contribution in [-0.2, 0) is 6.42 Å². The number of para-hydroxylation sites is 1. The van der Waals surface area contributed by atoms with Crippen LogP contribution in [0.25, 0.3) is 10.2 Å². The van der Waals surface area contributed by atoms with Crippen molar-refractivity contribution in [2.24, 2.45) is 0 Å². The van der Waals surface area contributed by atoms with Crippen molar-refractivity contribution in [2.45, 2.75) is 57.4 Å². The van der Waals surface area contributed by atoms with Crippen molar-refractivity contribution in [1.82, 2.24) is 10.3 Å². The molecular weight excluding hydrogens is 264 g/mol. The number of aromatic nitrogens is 1. The molecule has 0 spiro atoms. The Morgan fingerprint density at radius 3 is 3.00 bits per heavy atom. The third kappa shape index (κ3) is 3.04. The lowest BCUT2D eigenvalue weighted by Crippen LogP contribution is -2.46. The summed E-state index contributed by atoms with van der Waals surface area (Å²) in [6, 6.07) is 8.50. The molecule has 1 aliphatic heterocycles. The second-order valence-corrected chi connectivity index (χ2v) is 7.14. The number of thiazole rings is 1. The highest BCUT2D eigenvalue weighted by Gasteiger charge is 2.31. The highest BCUT2D eigenvalue weighted by Crippen LogP contribution is 2.31. The Bertz CT molecular complexity index is 520. The van der Waals surface area contributed by atoms with Crippen LogP contribution in [0.3, 0.4) is 0 Å². The number of nitrogens with one attached hydrogen (secondary N) is 1. The maximum Gasteiger partial charge on any atom is 0.0956 e. The molecule has 20 heavy (non-hydrogen) atoms. The molecule has 0 bridgehead atoms. The summed E-state index contributed by atoms with van der Waals surface area (Å²) < 4.78 is 1.32. The summed E-state index contributed by atoms with van der Waals surface area (Å²) in [6.45, 7) is 3.47. The van der Waals surface area contributed by atoms with Crippen LogP contribution in [0.1, 0.15) is 50.5 Å². The smallest absolute Gasteiger partial charge is 0.0956 e. The van der Waals surface area contributed by atoms with Crippen LogP contribution in [0.4, 0.5) is 0 Å². The molecule has 1 aliphatic rings. The third-order valence-electron chi connectivity index (χ3n) is 4.39. The van der Waals surface area contributed by atoms with Crippen LogP contribution in [0.2, 0.25) is 0 Å². The molecule has 0 saturated carbocycles. The molecule has 0 amide bonds. The molecule has 2 heterocycles. The highest BCUT2D eigenvalue weighted by molar-refractivity contribution is 7.18. The molecule has 1 saturated heterocycles. The Morgan fingerprint density at radius 1 is 1.25 bits per heavy atom. The minimum atomic E-state index is 0.291. The molecule has 3 heteroatoms. The van der Waals surface area contributed by atoms with Gasteiger partial charge in [0.15, 0.2) is 0 Å². The van der Waals surface area contributed by atoms with E-state index >= 15 is 0 Å². The Balaban J connectivity index is 1.84. The quantitative estimate of drug-likeness (QED) is 0.893. The van der Waals surface area contributed by atoms with Gasteiger partial charge in [-0.25, -0.2) is 4.98 Å². The van der Waals surface area contributed by atoms with E-state index in [1.54, 1.807) is 0 Å². The fraction of sp³-hybridized carbons (Fsp3) is 0.588. The minimum absolute atomic E-state index is 0.291. The molecule has 2 nitrogen and oxygen atoms in total. The van der Waals surface area contributed by atoms with Crippen molar-refractivity contribution >= 4 is 21.6 Å². The van der Waals surface area contributed by atoms with Gasteiger partial charge in [-0.05, 0) is 37.9 Å². The molecule has 1 atom stereocenters. The van der Waals surface area contributed by atoms with Gasteiger partial charge in [0.2, 0.25) is 0 Å². The first-order valence-corrected chi connectivity index (χ1v) is 8.72. The van der Waals surface area contributed by atoms with Crippen LogP contribution in [0.5, 0.6) is 0 Å². The lowest BCUT2D eigenvalue weighted by atomic mass is 9.85. The second kappa shape index (κ2) is 6.23. The monoisotopic (exact) mass is 288 g/mol. The van der Waals surface area contributed by atoms with Gasteiger partial charge in [-0.3, -0.25) is 0 Å². The maximum absolute atomic E-state index is 4.84. The largest absolute Gasteiger partial charge is 0.311 e. The Hall–Kier alpha value is -0.930. The topological polar surface area (TPSA) is 24.9 Å². The molecule has 1 unspecified atom stereocenters. The molecule has 0 radical (unpaired) electrons. The SMILES string of the molecule is CCCC1(Cc2nc3ccccc3s2)CCCCCN1. The van der Waals surface area contributed by atoms with Gasteiger partial charge in [-0.15, -0.1) is 11.3 Å². The number of hydrogen-bond acceptors (Lipinski definition) is 3. The van der Waals surface area contributed by atoms with E-state index in [1.807, 2.05) is 11.3 Å². The standard InChI is InChI=1S/C17H24N2S/c1-2-10-17(11-6-3-7-12-18-17)13-16-19-14-8-4-5-9-15(14)20-16/h4-5,8-9,18H,2-3,6-7,10-13H2,1H3. The van der Waals surface area contributed by atoms with E-state index in [1.165, 1.54) is 54.8 Å². The predicted molar refractivity (Wildman–Crippen MR) is 87.4 cm³/mol. The number of benzene rings is 1. The lowest BCUT2D eigenvalue weighted by molar-refractivity contribution is 0.288. The maximum atomic E-state index is 4.84. The van der Waals surface area contributed by atoms with Crippen molar-refractivity contribution < 1.29 is 0 Å². The average molecular weight is 288 g/mol. The van der Waals surface area contributed by atoms with Gasteiger partial charge in [-0.2, -0.15) is 0 Å². The van der Waals surface area contributed by atoms with E-state index in [2.05, 4.69) is 36.5 Å². The van der Waals surface area contributed by atoms with Crippen molar-refractivity contribution in [3.8, 4) is 0 Å². The molecule has 0 aliphatic carbocycles. The summed E-state index contributed by atoms with van der Waals surface area (Å²) in [5.74, 6) is 0. The molecule has 3 rings (SSSR count). The van der Waals surface area contributed by atoms with E-state index in [4.69, 9.17) is 4.98 Å². The van der Waals surface area contributed by atoms with Gasteiger partial charge in [-0.1, -0.05) is 38.3 Å². The number of fused-ring (bicyclic) bond motifs is 1. The predicted octanol–water partition coefficient (Wildman–Crippen LogP) is 4.54. The number of nitrogens with zero attached hydrogens (tertiary/aromatic N) is 1. The van der Waals surface area contributed by atoms with Crippen LogP contribution >= 0.6 is 11.3 Å². The van der Waals surface area contributed by atoms with Crippen molar-refractivity contribution in [3.63, 3.8) is 0 Å². The highest BCUT2D eigenvalue weighted by atomic mass is 32.1. The molecule has 2 aromatic rings. The average Bonchev–Trinajstić information content (AvgIpc) is 2.71. The van der Waals surface area contributed by atoms with Gasteiger partial charge in [0, 0.05) is 12.0 Å². The second-order valence-electron chi connectivity index (χ2n) is 6.02. The molecule has 108 valence electrons. The van der Waals surface area contributed by atoms with Gasteiger partial charge in [0.1, 0.15) is 0 Å². The first-order chi connectivity index (χ1) is 9.81. The fourth-order valence-corrected chi connectivity index (χ4v) is 4.53. The fourth-order valence-electron chi connectivity index (χ4n) is 3.42. The Morgan fingerprint density at radius 2 is 2.15 bits per heavy atom. The Kier molecular flexibility index (Phi) is 4.37. The van der Waals surface area contributed by atoms with E-state index < -0.39 is 0 Å². The summed E-state index contributed by atoms with van der Waals surface area (Å²) in [4.78, 5) is 4.84.